The van der Waals surface area contributed by atoms with Gasteiger partial charge in [-0.3, -0.25) is 15.1 Å². The number of aryl methyl sites for hydroxylation is 4. The van der Waals surface area contributed by atoms with Crippen molar-refractivity contribution < 1.29 is 0 Å². The number of fused-ring (bicyclic) bond motifs is 1. The minimum Gasteiger partial charge on any atom is -0.294 e. The van der Waals surface area contributed by atoms with Gasteiger partial charge in [0.25, 0.3) is 5.56 Å². The molecule has 0 aliphatic rings. The monoisotopic (exact) mass is 323 g/mol. The molecule has 6 heteroatoms. The molecule has 0 saturated heterocycles. The molecule has 3 aromatic rings. The fourth-order valence-corrected chi connectivity index (χ4v) is 2.98. The summed E-state index contributed by atoms with van der Waals surface area (Å²) in [5.74, 6) is 0.789. The van der Waals surface area contributed by atoms with E-state index in [0.717, 1.165) is 22.2 Å². The van der Waals surface area contributed by atoms with Crippen molar-refractivity contribution in [1.82, 2.24) is 19.9 Å². The number of anilines is 2. The van der Waals surface area contributed by atoms with Crippen molar-refractivity contribution in [3.8, 4) is 0 Å². The molecule has 2 heterocycles. The summed E-state index contributed by atoms with van der Waals surface area (Å²) in [6.07, 6.45) is 0.651. The number of nitrogens with zero attached hydrogens (tertiary/aromatic N) is 3. The first-order valence-electron chi connectivity index (χ1n) is 8.01. The minimum absolute atomic E-state index is 0.128. The van der Waals surface area contributed by atoms with E-state index < -0.39 is 0 Å². The van der Waals surface area contributed by atoms with Crippen molar-refractivity contribution >= 4 is 22.8 Å². The van der Waals surface area contributed by atoms with Gasteiger partial charge in [0.05, 0.1) is 11.2 Å². The Labute approximate surface area is 140 Å². The molecule has 0 spiro atoms. The zero-order valence-corrected chi connectivity index (χ0v) is 14.6. The van der Waals surface area contributed by atoms with Crippen LogP contribution in [0, 0.1) is 27.7 Å². The molecule has 2 N–H and O–H groups in total. The van der Waals surface area contributed by atoms with Gasteiger partial charge in [0.2, 0.25) is 11.9 Å². The number of aromatic amines is 1. The summed E-state index contributed by atoms with van der Waals surface area (Å²) in [5, 5.41) is 4.06. The molecule has 124 valence electrons. The van der Waals surface area contributed by atoms with Crippen molar-refractivity contribution in [2.45, 2.75) is 41.0 Å². The third kappa shape index (κ3) is 2.87. The van der Waals surface area contributed by atoms with Crippen molar-refractivity contribution in [3.05, 3.63) is 50.6 Å². The Hall–Kier alpha value is -2.76. The first kappa shape index (κ1) is 16.1. The molecular formula is C18H21N5O. The molecule has 0 radical (unpaired) electrons. The average molecular weight is 323 g/mol. The van der Waals surface area contributed by atoms with E-state index in [1.165, 1.54) is 5.56 Å². The molecule has 3 rings (SSSR count). The van der Waals surface area contributed by atoms with E-state index in [1.807, 2.05) is 27.7 Å². The van der Waals surface area contributed by atoms with E-state index in [-0.39, 0.29) is 5.56 Å². The van der Waals surface area contributed by atoms with E-state index in [1.54, 1.807) is 0 Å². The second-order valence-corrected chi connectivity index (χ2v) is 6.07. The number of hydrogen-bond donors (Lipinski definition) is 2. The van der Waals surface area contributed by atoms with Crippen LogP contribution >= 0.6 is 0 Å². The Morgan fingerprint density at radius 2 is 1.79 bits per heavy atom. The lowest BCUT2D eigenvalue weighted by molar-refractivity contribution is 0.961. The quantitative estimate of drug-likeness (QED) is 0.773. The molecule has 0 aliphatic carbocycles. The van der Waals surface area contributed by atoms with Crippen LogP contribution in [-0.2, 0) is 6.42 Å². The molecule has 0 amide bonds. The molecular weight excluding hydrogens is 302 g/mol. The highest BCUT2D eigenvalue weighted by Crippen LogP contribution is 2.23. The second kappa shape index (κ2) is 6.03. The molecule has 2 aromatic heterocycles. The fraction of sp³-hybridized carbons (Fsp3) is 0.333. The number of rotatable bonds is 3. The van der Waals surface area contributed by atoms with Gasteiger partial charge in [0.15, 0.2) is 0 Å². The summed E-state index contributed by atoms with van der Waals surface area (Å²) in [7, 11) is 0. The van der Waals surface area contributed by atoms with E-state index in [0.29, 0.717) is 29.6 Å². The summed E-state index contributed by atoms with van der Waals surface area (Å²) in [4.78, 5) is 28.3. The minimum atomic E-state index is -0.128. The van der Waals surface area contributed by atoms with Crippen molar-refractivity contribution in [2.75, 3.05) is 5.32 Å². The SMILES string of the molecule is CCc1c(C)nc(Nc2nc(C)c3cc(C)cc(C)c3n2)[nH]c1=O. The van der Waals surface area contributed by atoms with E-state index >= 15 is 0 Å². The maximum Gasteiger partial charge on any atom is 0.255 e. The Balaban J connectivity index is 2.07. The van der Waals surface area contributed by atoms with Crippen molar-refractivity contribution in [2.24, 2.45) is 0 Å². The van der Waals surface area contributed by atoms with Gasteiger partial charge in [-0.25, -0.2) is 15.0 Å². The maximum atomic E-state index is 12.1. The summed E-state index contributed by atoms with van der Waals surface area (Å²) < 4.78 is 0. The van der Waals surface area contributed by atoms with Gasteiger partial charge >= 0.3 is 0 Å². The molecule has 0 fully saturated rings. The molecule has 0 unspecified atom stereocenters. The Kier molecular flexibility index (Phi) is 4.05. The summed E-state index contributed by atoms with van der Waals surface area (Å²) in [6, 6.07) is 4.18. The first-order valence-corrected chi connectivity index (χ1v) is 8.01. The standard InChI is InChI=1S/C18H21N5O/c1-6-13-11(4)19-18(22-16(13)24)23-17-20-12(5)14-8-9(2)7-10(3)15(14)21-17/h7-8H,6H2,1-5H3,(H2,19,20,21,22,23,24). The van der Waals surface area contributed by atoms with Crippen LogP contribution in [0.2, 0.25) is 0 Å². The van der Waals surface area contributed by atoms with Crippen LogP contribution in [-0.4, -0.2) is 19.9 Å². The Morgan fingerprint density at radius 1 is 1.04 bits per heavy atom. The second-order valence-electron chi connectivity index (χ2n) is 6.07. The lowest BCUT2D eigenvalue weighted by atomic mass is 10.1. The highest BCUT2D eigenvalue weighted by atomic mass is 16.1. The lowest BCUT2D eigenvalue weighted by Gasteiger charge is -2.11. The highest BCUT2D eigenvalue weighted by Gasteiger charge is 2.10. The van der Waals surface area contributed by atoms with Crippen LogP contribution in [0.5, 0.6) is 0 Å². The molecule has 24 heavy (non-hydrogen) atoms. The Bertz CT molecular complexity index is 991. The Morgan fingerprint density at radius 3 is 2.46 bits per heavy atom. The van der Waals surface area contributed by atoms with E-state index in [4.69, 9.17) is 0 Å². The van der Waals surface area contributed by atoms with Gasteiger partial charge in [-0.2, -0.15) is 0 Å². The normalized spacial score (nSPS) is 11.0. The third-order valence-electron chi connectivity index (χ3n) is 4.13. The number of nitrogens with one attached hydrogen (secondary N) is 2. The largest absolute Gasteiger partial charge is 0.294 e. The number of hydrogen-bond acceptors (Lipinski definition) is 5. The van der Waals surface area contributed by atoms with Crippen molar-refractivity contribution in [3.63, 3.8) is 0 Å². The van der Waals surface area contributed by atoms with Gasteiger partial charge in [-0.15, -0.1) is 0 Å². The van der Waals surface area contributed by atoms with Crippen LogP contribution < -0.4 is 10.9 Å². The van der Waals surface area contributed by atoms with Gasteiger partial charge < -0.3 is 0 Å². The lowest BCUT2D eigenvalue weighted by Crippen LogP contribution is -2.18. The number of aromatic nitrogens is 4. The van der Waals surface area contributed by atoms with E-state index in [9.17, 15) is 4.79 Å². The van der Waals surface area contributed by atoms with Gasteiger partial charge in [-0.05, 0) is 45.7 Å². The molecule has 0 atom stereocenters. The number of benzene rings is 1. The molecule has 6 nitrogen and oxygen atoms in total. The van der Waals surface area contributed by atoms with Crippen LogP contribution in [0.4, 0.5) is 11.9 Å². The topological polar surface area (TPSA) is 83.6 Å². The molecule has 0 aliphatic heterocycles. The fourth-order valence-electron chi connectivity index (χ4n) is 2.98. The van der Waals surface area contributed by atoms with Gasteiger partial charge in [-0.1, -0.05) is 18.6 Å². The third-order valence-corrected chi connectivity index (χ3v) is 4.13. The maximum absolute atomic E-state index is 12.1. The predicted octanol–water partition coefficient (Wildman–Crippen LogP) is 3.25. The average Bonchev–Trinajstić information content (AvgIpc) is 2.48. The van der Waals surface area contributed by atoms with Crippen molar-refractivity contribution in [1.29, 1.82) is 0 Å². The van der Waals surface area contributed by atoms with Crippen LogP contribution in [0.3, 0.4) is 0 Å². The number of H-pyrrole nitrogens is 1. The molecule has 0 saturated carbocycles. The van der Waals surface area contributed by atoms with Crippen LogP contribution in [0.15, 0.2) is 16.9 Å². The molecule has 1 aromatic carbocycles. The smallest absolute Gasteiger partial charge is 0.255 e. The predicted molar refractivity (Wildman–Crippen MR) is 96.0 cm³/mol. The summed E-state index contributed by atoms with van der Waals surface area (Å²) >= 11 is 0. The first-order chi connectivity index (χ1) is 11.4. The van der Waals surface area contributed by atoms with Gasteiger partial charge in [0.1, 0.15) is 0 Å². The van der Waals surface area contributed by atoms with Crippen LogP contribution in [0.1, 0.15) is 35.0 Å². The zero-order chi connectivity index (χ0) is 17.4. The van der Waals surface area contributed by atoms with E-state index in [2.05, 4.69) is 44.3 Å². The summed E-state index contributed by atoms with van der Waals surface area (Å²) in [5.41, 5.74) is 5.35. The zero-order valence-electron chi connectivity index (χ0n) is 14.6. The summed E-state index contributed by atoms with van der Waals surface area (Å²) in [6.45, 7) is 9.82. The van der Waals surface area contributed by atoms with Gasteiger partial charge in [0, 0.05) is 16.6 Å². The highest BCUT2D eigenvalue weighted by molar-refractivity contribution is 5.85. The van der Waals surface area contributed by atoms with Crippen LogP contribution in [0.25, 0.3) is 10.9 Å². The molecule has 0 bridgehead atoms.